The molecule has 0 bridgehead atoms. The second-order valence-electron chi connectivity index (χ2n) is 4.21. The summed E-state index contributed by atoms with van der Waals surface area (Å²) in [5, 5.41) is 4.24. The molecule has 1 aromatic carbocycles. The molecule has 1 aliphatic rings. The second-order valence-corrected chi connectivity index (χ2v) is 4.64. The summed E-state index contributed by atoms with van der Waals surface area (Å²) in [7, 11) is 0. The van der Waals surface area contributed by atoms with Crippen molar-refractivity contribution in [3.8, 4) is 0 Å². The first-order valence-corrected chi connectivity index (χ1v) is 6.19. The van der Waals surface area contributed by atoms with E-state index in [9.17, 15) is 0 Å². The van der Waals surface area contributed by atoms with Crippen LogP contribution >= 0.6 is 11.6 Å². The molecule has 0 aliphatic carbocycles. The van der Waals surface area contributed by atoms with Crippen molar-refractivity contribution in [2.45, 2.75) is 32.2 Å². The summed E-state index contributed by atoms with van der Waals surface area (Å²) in [6.07, 6.45) is 3.54. The first-order chi connectivity index (χ1) is 7.75. The number of hydrogen-bond donors (Lipinski definition) is 1. The van der Waals surface area contributed by atoms with Gasteiger partial charge in [-0.05, 0) is 37.5 Å². The molecular weight excluding hydrogens is 220 g/mol. The molecule has 1 N–H and O–H groups in total. The highest BCUT2D eigenvalue weighted by Gasteiger charge is 2.10. The fraction of sp³-hybridized carbons (Fsp3) is 0.462. The zero-order chi connectivity index (χ0) is 11.4. The number of halogens is 1. The third-order valence-corrected chi connectivity index (χ3v) is 3.09. The maximum atomic E-state index is 5.97. The van der Waals surface area contributed by atoms with E-state index in [1.165, 1.54) is 18.4 Å². The Morgan fingerprint density at radius 2 is 2.25 bits per heavy atom. The molecule has 0 spiro atoms. The molecule has 1 aromatic rings. The smallest absolute Gasteiger partial charge is 0.0967 e. The summed E-state index contributed by atoms with van der Waals surface area (Å²) in [4.78, 5) is 4.49. The molecule has 0 saturated heterocycles. The summed E-state index contributed by atoms with van der Waals surface area (Å²) in [6.45, 7) is 3.10. The minimum absolute atomic E-state index is 0.274. The Hall–Kier alpha value is -1.02. The van der Waals surface area contributed by atoms with Crippen LogP contribution < -0.4 is 5.32 Å². The van der Waals surface area contributed by atoms with Crippen LogP contribution in [0.5, 0.6) is 0 Å². The molecule has 0 radical (unpaired) electrons. The van der Waals surface area contributed by atoms with Crippen LogP contribution in [-0.4, -0.2) is 12.4 Å². The number of benzene rings is 1. The maximum Gasteiger partial charge on any atom is 0.0967 e. The SMILES string of the molecule is C[C@@H](NC1=NCCCC1)c1cccc(Cl)c1. The van der Waals surface area contributed by atoms with Crippen molar-refractivity contribution in [3.05, 3.63) is 34.9 Å². The Labute approximate surface area is 102 Å². The van der Waals surface area contributed by atoms with Gasteiger partial charge in [0.05, 0.1) is 5.84 Å². The zero-order valence-corrected chi connectivity index (χ0v) is 10.3. The van der Waals surface area contributed by atoms with Gasteiger partial charge in [-0.3, -0.25) is 4.99 Å². The third-order valence-electron chi connectivity index (χ3n) is 2.86. The standard InChI is InChI=1S/C13H17ClN2/c1-10(11-5-4-6-12(14)9-11)16-13-7-2-3-8-15-13/h4-6,9-10H,2-3,7-8H2,1H3,(H,15,16)/t10-/m1/s1. The quantitative estimate of drug-likeness (QED) is 0.834. The van der Waals surface area contributed by atoms with Crippen LogP contribution in [0, 0.1) is 0 Å². The van der Waals surface area contributed by atoms with Gasteiger partial charge in [-0.25, -0.2) is 0 Å². The van der Waals surface area contributed by atoms with Crippen molar-refractivity contribution in [1.82, 2.24) is 5.32 Å². The van der Waals surface area contributed by atoms with E-state index in [1.54, 1.807) is 0 Å². The molecule has 2 rings (SSSR count). The fourth-order valence-corrected chi connectivity index (χ4v) is 2.12. The van der Waals surface area contributed by atoms with E-state index in [4.69, 9.17) is 11.6 Å². The monoisotopic (exact) mass is 236 g/mol. The normalized spacial score (nSPS) is 17.8. The highest BCUT2D eigenvalue weighted by atomic mass is 35.5. The topological polar surface area (TPSA) is 24.4 Å². The van der Waals surface area contributed by atoms with Crippen molar-refractivity contribution < 1.29 is 0 Å². The molecule has 3 heteroatoms. The van der Waals surface area contributed by atoms with E-state index >= 15 is 0 Å². The number of rotatable bonds is 2. The average molecular weight is 237 g/mol. The molecule has 86 valence electrons. The van der Waals surface area contributed by atoms with Gasteiger partial charge in [0.15, 0.2) is 0 Å². The van der Waals surface area contributed by atoms with E-state index in [-0.39, 0.29) is 6.04 Å². The summed E-state index contributed by atoms with van der Waals surface area (Å²) in [5.74, 6) is 1.14. The van der Waals surface area contributed by atoms with Gasteiger partial charge in [0.2, 0.25) is 0 Å². The van der Waals surface area contributed by atoms with Gasteiger partial charge in [0.1, 0.15) is 0 Å². The summed E-state index contributed by atoms with van der Waals surface area (Å²) >= 11 is 5.97. The fourth-order valence-electron chi connectivity index (χ4n) is 1.92. The molecule has 0 fully saturated rings. The van der Waals surface area contributed by atoms with E-state index in [1.807, 2.05) is 18.2 Å². The number of amidine groups is 1. The van der Waals surface area contributed by atoms with E-state index in [0.29, 0.717) is 0 Å². The van der Waals surface area contributed by atoms with Crippen molar-refractivity contribution in [2.24, 2.45) is 4.99 Å². The lowest BCUT2D eigenvalue weighted by atomic mass is 10.1. The molecule has 0 unspecified atom stereocenters. The molecule has 2 nitrogen and oxygen atoms in total. The molecule has 1 aliphatic heterocycles. The predicted octanol–water partition coefficient (Wildman–Crippen LogP) is 3.57. The first kappa shape index (κ1) is 11.5. The van der Waals surface area contributed by atoms with Gasteiger partial charge < -0.3 is 5.32 Å². The molecule has 0 amide bonds. The molecular formula is C13H17ClN2. The van der Waals surface area contributed by atoms with Gasteiger partial charge in [0.25, 0.3) is 0 Å². The van der Waals surface area contributed by atoms with E-state index in [0.717, 1.165) is 23.8 Å². The van der Waals surface area contributed by atoms with Gasteiger partial charge in [-0.15, -0.1) is 0 Å². The van der Waals surface area contributed by atoms with Crippen molar-refractivity contribution in [2.75, 3.05) is 6.54 Å². The van der Waals surface area contributed by atoms with Crippen LogP contribution in [0.15, 0.2) is 29.3 Å². The lowest BCUT2D eigenvalue weighted by Crippen LogP contribution is -2.28. The van der Waals surface area contributed by atoms with Crippen LogP contribution in [0.3, 0.4) is 0 Å². The summed E-state index contributed by atoms with van der Waals surface area (Å²) in [6, 6.07) is 8.25. The van der Waals surface area contributed by atoms with Crippen molar-refractivity contribution >= 4 is 17.4 Å². The summed E-state index contributed by atoms with van der Waals surface area (Å²) < 4.78 is 0. The van der Waals surface area contributed by atoms with Crippen LogP contribution in [0.2, 0.25) is 5.02 Å². The molecule has 1 atom stereocenters. The average Bonchev–Trinajstić information content (AvgIpc) is 2.30. The largest absolute Gasteiger partial charge is 0.367 e. The molecule has 0 saturated carbocycles. The second kappa shape index (κ2) is 5.35. The molecule has 1 heterocycles. The van der Waals surface area contributed by atoms with Gasteiger partial charge in [0, 0.05) is 24.0 Å². The molecule has 16 heavy (non-hydrogen) atoms. The number of nitrogens with zero attached hydrogens (tertiary/aromatic N) is 1. The van der Waals surface area contributed by atoms with Crippen molar-refractivity contribution in [3.63, 3.8) is 0 Å². The van der Waals surface area contributed by atoms with E-state index < -0.39 is 0 Å². The zero-order valence-electron chi connectivity index (χ0n) is 9.54. The summed E-state index contributed by atoms with van der Waals surface area (Å²) in [5.41, 5.74) is 1.21. The van der Waals surface area contributed by atoms with Crippen LogP contribution in [-0.2, 0) is 0 Å². The Morgan fingerprint density at radius 3 is 2.94 bits per heavy atom. The number of nitrogens with one attached hydrogen (secondary N) is 1. The number of aliphatic imine (C=N–C) groups is 1. The third kappa shape index (κ3) is 2.99. The Morgan fingerprint density at radius 1 is 1.38 bits per heavy atom. The van der Waals surface area contributed by atoms with Gasteiger partial charge >= 0.3 is 0 Å². The van der Waals surface area contributed by atoms with Gasteiger partial charge in [-0.1, -0.05) is 23.7 Å². The minimum Gasteiger partial charge on any atom is -0.367 e. The highest BCUT2D eigenvalue weighted by Crippen LogP contribution is 2.18. The first-order valence-electron chi connectivity index (χ1n) is 5.81. The van der Waals surface area contributed by atoms with Crippen molar-refractivity contribution in [1.29, 1.82) is 0 Å². The highest BCUT2D eigenvalue weighted by molar-refractivity contribution is 6.30. The van der Waals surface area contributed by atoms with Gasteiger partial charge in [-0.2, -0.15) is 0 Å². The minimum atomic E-state index is 0.274. The number of hydrogen-bond acceptors (Lipinski definition) is 2. The Kier molecular flexibility index (Phi) is 3.83. The van der Waals surface area contributed by atoms with Crippen LogP contribution in [0.4, 0.5) is 0 Å². The lowest BCUT2D eigenvalue weighted by Gasteiger charge is -2.20. The van der Waals surface area contributed by atoms with E-state index in [2.05, 4.69) is 23.3 Å². The predicted molar refractivity (Wildman–Crippen MR) is 69.2 cm³/mol. The van der Waals surface area contributed by atoms with Crippen LogP contribution in [0.25, 0.3) is 0 Å². The maximum absolute atomic E-state index is 5.97. The van der Waals surface area contributed by atoms with Crippen LogP contribution in [0.1, 0.15) is 37.8 Å². The Bertz CT molecular complexity index is 387. The lowest BCUT2D eigenvalue weighted by molar-refractivity contribution is 0.656. The Balaban J connectivity index is 2.02. The molecule has 0 aromatic heterocycles.